The summed E-state index contributed by atoms with van der Waals surface area (Å²) in [5.41, 5.74) is 0.00827. The Balaban J connectivity index is 2.17. The molecule has 2 amide bonds. The zero-order valence-electron chi connectivity index (χ0n) is 12.5. The van der Waals surface area contributed by atoms with Crippen molar-refractivity contribution in [3.8, 4) is 0 Å². The first kappa shape index (κ1) is 17.4. The maximum Gasteiger partial charge on any atom is 0.355 e. The number of carbonyl (C=O) groups excluding carboxylic acids is 1. The number of urea groups is 1. The molecule has 0 aliphatic rings. The Labute approximate surface area is 128 Å². The first-order valence-electron chi connectivity index (χ1n) is 6.79. The zero-order chi connectivity index (χ0) is 15.8. The largest absolute Gasteiger partial charge is 0.476 e. The minimum Gasteiger partial charge on any atom is -0.476 e. The predicted molar refractivity (Wildman–Crippen MR) is 81.7 cm³/mol. The van der Waals surface area contributed by atoms with Crippen LogP contribution in [-0.4, -0.2) is 53.2 Å². The summed E-state index contributed by atoms with van der Waals surface area (Å²) in [7, 11) is 2.05. The van der Waals surface area contributed by atoms with Gasteiger partial charge in [0.2, 0.25) is 0 Å². The van der Waals surface area contributed by atoms with Gasteiger partial charge in [-0.2, -0.15) is 0 Å². The monoisotopic (exact) mass is 314 g/mol. The molecular weight excluding hydrogens is 292 g/mol. The quantitative estimate of drug-likeness (QED) is 0.630. The molecule has 7 nitrogen and oxygen atoms in total. The molecule has 0 aliphatic heterocycles. The third-order valence-electron chi connectivity index (χ3n) is 3.03. The average molecular weight is 314 g/mol. The summed E-state index contributed by atoms with van der Waals surface area (Å²) in [5, 5.41) is 16.2. The smallest absolute Gasteiger partial charge is 0.355 e. The maximum absolute atomic E-state index is 11.6. The van der Waals surface area contributed by atoms with Gasteiger partial charge in [-0.1, -0.05) is 0 Å². The molecule has 0 spiro atoms. The molecule has 0 atom stereocenters. The Bertz CT molecular complexity index is 476. The lowest BCUT2D eigenvalue weighted by molar-refractivity contribution is 0.0691. The number of aromatic carboxylic acids is 1. The van der Waals surface area contributed by atoms with Gasteiger partial charge in [0.25, 0.3) is 0 Å². The number of thiazole rings is 1. The lowest BCUT2D eigenvalue weighted by Gasteiger charge is -2.20. The van der Waals surface area contributed by atoms with E-state index in [1.54, 1.807) is 0 Å². The number of carboxylic acid groups (broad SMARTS) is 1. The average Bonchev–Trinajstić information content (AvgIpc) is 2.90. The number of aromatic nitrogens is 1. The van der Waals surface area contributed by atoms with Gasteiger partial charge in [0, 0.05) is 18.0 Å². The number of nitrogens with zero attached hydrogens (tertiary/aromatic N) is 2. The lowest BCUT2D eigenvalue weighted by atomic mass is 10.3. The number of rotatable bonds is 8. The SMILES string of the molecule is CC(C)N(C)CCCNC(=O)NCc1nc(C(=O)O)cs1. The highest BCUT2D eigenvalue weighted by Crippen LogP contribution is 2.09. The van der Waals surface area contributed by atoms with Crippen molar-refractivity contribution in [2.24, 2.45) is 0 Å². The van der Waals surface area contributed by atoms with Gasteiger partial charge in [-0.05, 0) is 33.9 Å². The minimum atomic E-state index is -1.06. The van der Waals surface area contributed by atoms with Crippen LogP contribution in [-0.2, 0) is 6.54 Å². The van der Waals surface area contributed by atoms with Gasteiger partial charge < -0.3 is 20.6 Å². The molecule has 1 aromatic heterocycles. The highest BCUT2D eigenvalue weighted by molar-refractivity contribution is 7.09. The molecule has 21 heavy (non-hydrogen) atoms. The van der Waals surface area contributed by atoms with E-state index in [9.17, 15) is 9.59 Å². The minimum absolute atomic E-state index is 0.00827. The van der Waals surface area contributed by atoms with Crippen LogP contribution in [0, 0.1) is 0 Å². The summed E-state index contributed by atoms with van der Waals surface area (Å²) in [5.74, 6) is -1.06. The molecule has 8 heteroatoms. The van der Waals surface area contributed by atoms with Gasteiger partial charge in [-0.3, -0.25) is 0 Å². The van der Waals surface area contributed by atoms with Crippen LogP contribution in [0.2, 0.25) is 0 Å². The van der Waals surface area contributed by atoms with E-state index in [0.29, 0.717) is 17.6 Å². The first-order valence-corrected chi connectivity index (χ1v) is 7.67. The van der Waals surface area contributed by atoms with Crippen molar-refractivity contribution in [1.82, 2.24) is 20.5 Å². The lowest BCUT2D eigenvalue weighted by Crippen LogP contribution is -2.37. The normalized spacial score (nSPS) is 10.9. The van der Waals surface area contributed by atoms with Gasteiger partial charge >= 0.3 is 12.0 Å². The highest BCUT2D eigenvalue weighted by Gasteiger charge is 2.09. The van der Waals surface area contributed by atoms with Gasteiger partial charge in [-0.15, -0.1) is 11.3 Å². The number of nitrogens with one attached hydrogen (secondary N) is 2. The number of carboxylic acids is 1. The van der Waals surface area contributed by atoms with Gasteiger partial charge in [-0.25, -0.2) is 14.6 Å². The molecule has 3 N–H and O–H groups in total. The van der Waals surface area contributed by atoms with Crippen molar-refractivity contribution in [3.05, 3.63) is 16.1 Å². The highest BCUT2D eigenvalue weighted by atomic mass is 32.1. The summed E-state index contributed by atoms with van der Waals surface area (Å²) < 4.78 is 0. The molecule has 0 saturated carbocycles. The van der Waals surface area contributed by atoms with Crippen molar-refractivity contribution in [1.29, 1.82) is 0 Å². The van der Waals surface area contributed by atoms with Crippen molar-refractivity contribution in [2.45, 2.75) is 32.9 Å². The molecule has 0 bridgehead atoms. The summed E-state index contributed by atoms with van der Waals surface area (Å²) in [4.78, 5) is 28.3. The van der Waals surface area contributed by atoms with Crippen molar-refractivity contribution < 1.29 is 14.7 Å². The van der Waals surface area contributed by atoms with Gasteiger partial charge in [0.15, 0.2) is 5.69 Å². The molecule has 0 saturated heterocycles. The van der Waals surface area contributed by atoms with E-state index >= 15 is 0 Å². The number of hydrogen-bond donors (Lipinski definition) is 3. The van der Waals surface area contributed by atoms with Crippen molar-refractivity contribution >= 4 is 23.3 Å². The first-order chi connectivity index (χ1) is 9.90. The van der Waals surface area contributed by atoms with E-state index in [0.717, 1.165) is 13.0 Å². The second-order valence-electron chi connectivity index (χ2n) is 4.97. The van der Waals surface area contributed by atoms with E-state index in [-0.39, 0.29) is 18.3 Å². The van der Waals surface area contributed by atoms with E-state index < -0.39 is 5.97 Å². The molecular formula is C13H22N4O3S. The van der Waals surface area contributed by atoms with Crippen LogP contribution in [0.15, 0.2) is 5.38 Å². The molecule has 0 radical (unpaired) electrons. The molecule has 0 unspecified atom stereocenters. The molecule has 1 heterocycles. The van der Waals surface area contributed by atoms with E-state index in [4.69, 9.17) is 5.11 Å². The zero-order valence-corrected chi connectivity index (χ0v) is 13.4. The van der Waals surface area contributed by atoms with Crippen LogP contribution >= 0.6 is 11.3 Å². The third kappa shape index (κ3) is 6.54. The molecule has 0 aromatic carbocycles. The Kier molecular flexibility index (Phi) is 7.10. The van der Waals surface area contributed by atoms with Gasteiger partial charge in [0.1, 0.15) is 5.01 Å². The fourth-order valence-electron chi connectivity index (χ4n) is 1.50. The number of carbonyl (C=O) groups is 2. The van der Waals surface area contributed by atoms with Crippen LogP contribution in [0.5, 0.6) is 0 Å². The number of hydrogen-bond acceptors (Lipinski definition) is 5. The topological polar surface area (TPSA) is 94.6 Å². The van der Waals surface area contributed by atoms with E-state index in [1.165, 1.54) is 16.7 Å². The fraction of sp³-hybridized carbons (Fsp3) is 0.615. The second kappa shape index (κ2) is 8.58. The maximum atomic E-state index is 11.6. The van der Waals surface area contributed by atoms with Crippen LogP contribution in [0.25, 0.3) is 0 Å². The van der Waals surface area contributed by atoms with Crippen molar-refractivity contribution in [2.75, 3.05) is 20.1 Å². The number of amides is 2. The molecule has 1 aromatic rings. The summed E-state index contributed by atoms with van der Waals surface area (Å²) >= 11 is 1.21. The Morgan fingerprint density at radius 1 is 1.43 bits per heavy atom. The van der Waals surface area contributed by atoms with Crippen LogP contribution in [0.3, 0.4) is 0 Å². The van der Waals surface area contributed by atoms with Crippen molar-refractivity contribution in [3.63, 3.8) is 0 Å². The molecule has 118 valence electrons. The summed E-state index contributed by atoms with van der Waals surface area (Å²) in [6, 6.07) is 0.224. The Morgan fingerprint density at radius 2 is 2.14 bits per heavy atom. The van der Waals surface area contributed by atoms with Gasteiger partial charge in [0.05, 0.1) is 6.54 Å². The van der Waals surface area contributed by atoms with E-state index in [1.807, 2.05) is 7.05 Å². The Hall–Kier alpha value is -1.67. The van der Waals surface area contributed by atoms with Crippen LogP contribution in [0.1, 0.15) is 35.8 Å². The summed E-state index contributed by atoms with van der Waals surface area (Å²) in [6.07, 6.45) is 0.877. The standard InChI is InChI=1S/C13H22N4O3S/c1-9(2)17(3)6-4-5-14-13(20)15-7-11-16-10(8-21-11)12(18)19/h8-9H,4-7H2,1-3H3,(H,18,19)(H2,14,15,20). The Morgan fingerprint density at radius 3 is 2.71 bits per heavy atom. The van der Waals surface area contributed by atoms with E-state index in [2.05, 4.69) is 34.4 Å². The second-order valence-corrected chi connectivity index (χ2v) is 5.91. The molecule has 1 rings (SSSR count). The van der Waals surface area contributed by atoms with Crippen LogP contribution < -0.4 is 10.6 Å². The molecule has 0 fully saturated rings. The third-order valence-corrected chi connectivity index (χ3v) is 3.87. The predicted octanol–water partition coefficient (Wildman–Crippen LogP) is 1.37. The summed E-state index contributed by atoms with van der Waals surface area (Å²) in [6.45, 7) is 6.00. The van der Waals surface area contributed by atoms with Crippen LogP contribution in [0.4, 0.5) is 4.79 Å². The molecule has 0 aliphatic carbocycles. The fourth-order valence-corrected chi connectivity index (χ4v) is 2.21.